The summed E-state index contributed by atoms with van der Waals surface area (Å²) in [5, 5.41) is 9.13. The molecular weight excluding hydrogens is 202 g/mol. The van der Waals surface area contributed by atoms with E-state index in [9.17, 15) is 4.79 Å². The molecule has 1 rings (SSSR count). The SMILES string of the molecule is NCC=Cc1cccc(Cl)c1C(=O)O. The number of carbonyl (C=O) groups is 1. The van der Waals surface area contributed by atoms with Gasteiger partial charge in [0.25, 0.3) is 0 Å². The fourth-order valence-electron chi connectivity index (χ4n) is 1.10. The molecule has 0 unspecified atom stereocenters. The Morgan fingerprint density at radius 1 is 1.57 bits per heavy atom. The lowest BCUT2D eigenvalue weighted by Crippen LogP contribution is -2.01. The first-order valence-electron chi connectivity index (χ1n) is 4.05. The van der Waals surface area contributed by atoms with Gasteiger partial charge in [-0.2, -0.15) is 0 Å². The average molecular weight is 212 g/mol. The highest BCUT2D eigenvalue weighted by atomic mass is 35.5. The van der Waals surface area contributed by atoms with Gasteiger partial charge >= 0.3 is 5.97 Å². The summed E-state index contributed by atoms with van der Waals surface area (Å²) in [5.74, 6) is -1.03. The summed E-state index contributed by atoms with van der Waals surface area (Å²) in [6, 6.07) is 4.93. The first-order chi connectivity index (χ1) is 6.66. The van der Waals surface area contributed by atoms with E-state index in [4.69, 9.17) is 22.4 Å². The maximum absolute atomic E-state index is 10.9. The van der Waals surface area contributed by atoms with Crippen molar-refractivity contribution >= 4 is 23.6 Å². The largest absolute Gasteiger partial charge is 0.478 e. The minimum atomic E-state index is -1.03. The number of benzene rings is 1. The Balaban J connectivity index is 3.21. The van der Waals surface area contributed by atoms with Gasteiger partial charge in [0.15, 0.2) is 0 Å². The number of hydrogen-bond acceptors (Lipinski definition) is 2. The van der Waals surface area contributed by atoms with E-state index in [0.717, 1.165) is 0 Å². The summed E-state index contributed by atoms with van der Waals surface area (Å²) >= 11 is 5.76. The number of halogens is 1. The standard InChI is InChI=1S/C10H10ClNO2/c11-8-5-1-3-7(4-2-6-12)9(8)10(13)14/h1-5H,6,12H2,(H,13,14). The molecule has 14 heavy (non-hydrogen) atoms. The first-order valence-corrected chi connectivity index (χ1v) is 4.43. The summed E-state index contributed by atoms with van der Waals surface area (Å²) in [6.45, 7) is 0.367. The van der Waals surface area contributed by atoms with Gasteiger partial charge in [-0.15, -0.1) is 0 Å². The Morgan fingerprint density at radius 3 is 2.86 bits per heavy atom. The van der Waals surface area contributed by atoms with Crippen molar-refractivity contribution in [3.05, 3.63) is 40.4 Å². The topological polar surface area (TPSA) is 63.3 Å². The highest BCUT2D eigenvalue weighted by molar-refractivity contribution is 6.33. The van der Waals surface area contributed by atoms with Crippen LogP contribution in [0.1, 0.15) is 15.9 Å². The summed E-state index contributed by atoms with van der Waals surface area (Å²) in [6.07, 6.45) is 3.33. The van der Waals surface area contributed by atoms with Gasteiger partial charge in [-0.3, -0.25) is 0 Å². The van der Waals surface area contributed by atoms with Gasteiger partial charge in [0, 0.05) is 6.54 Å². The van der Waals surface area contributed by atoms with Crippen LogP contribution >= 0.6 is 11.6 Å². The zero-order chi connectivity index (χ0) is 10.6. The quantitative estimate of drug-likeness (QED) is 0.804. The zero-order valence-electron chi connectivity index (χ0n) is 7.40. The van der Waals surface area contributed by atoms with Crippen LogP contribution in [0.4, 0.5) is 0 Å². The van der Waals surface area contributed by atoms with Crippen molar-refractivity contribution < 1.29 is 9.90 Å². The van der Waals surface area contributed by atoms with Crippen LogP contribution in [-0.4, -0.2) is 17.6 Å². The van der Waals surface area contributed by atoms with Crippen molar-refractivity contribution in [3.8, 4) is 0 Å². The smallest absolute Gasteiger partial charge is 0.337 e. The molecule has 0 aliphatic rings. The Bertz CT molecular complexity index is 374. The summed E-state index contributed by atoms with van der Waals surface area (Å²) in [7, 11) is 0. The second-order valence-corrected chi connectivity index (χ2v) is 3.05. The molecule has 0 fully saturated rings. The molecule has 0 aromatic heterocycles. The molecule has 3 N–H and O–H groups in total. The normalized spacial score (nSPS) is 10.7. The monoisotopic (exact) mass is 211 g/mol. The Hall–Kier alpha value is -1.32. The lowest BCUT2D eigenvalue weighted by molar-refractivity contribution is 0.0697. The van der Waals surface area contributed by atoms with Crippen molar-refractivity contribution in [2.75, 3.05) is 6.54 Å². The van der Waals surface area contributed by atoms with Crippen LogP contribution in [0.2, 0.25) is 5.02 Å². The third-order valence-electron chi connectivity index (χ3n) is 1.69. The van der Waals surface area contributed by atoms with E-state index in [1.165, 1.54) is 0 Å². The van der Waals surface area contributed by atoms with Gasteiger partial charge in [-0.1, -0.05) is 35.9 Å². The van der Waals surface area contributed by atoms with Gasteiger partial charge in [0.1, 0.15) is 0 Å². The van der Waals surface area contributed by atoms with Crippen LogP contribution in [0.25, 0.3) is 6.08 Å². The van der Waals surface area contributed by atoms with E-state index >= 15 is 0 Å². The molecule has 0 bridgehead atoms. The summed E-state index contributed by atoms with van der Waals surface area (Å²) < 4.78 is 0. The Morgan fingerprint density at radius 2 is 2.29 bits per heavy atom. The number of hydrogen-bond donors (Lipinski definition) is 2. The van der Waals surface area contributed by atoms with Crippen molar-refractivity contribution in [3.63, 3.8) is 0 Å². The minimum absolute atomic E-state index is 0.110. The number of rotatable bonds is 3. The Kier molecular flexibility index (Phi) is 3.68. The van der Waals surface area contributed by atoms with Crippen LogP contribution in [0.3, 0.4) is 0 Å². The minimum Gasteiger partial charge on any atom is -0.478 e. The van der Waals surface area contributed by atoms with E-state index in [-0.39, 0.29) is 10.6 Å². The second kappa shape index (κ2) is 4.79. The highest BCUT2D eigenvalue weighted by Gasteiger charge is 2.11. The van der Waals surface area contributed by atoms with Gasteiger partial charge in [0.05, 0.1) is 10.6 Å². The fourth-order valence-corrected chi connectivity index (χ4v) is 1.36. The molecule has 0 saturated carbocycles. The van der Waals surface area contributed by atoms with Crippen LogP contribution < -0.4 is 5.73 Å². The van der Waals surface area contributed by atoms with Crippen molar-refractivity contribution in [1.29, 1.82) is 0 Å². The number of carboxylic acids is 1. The fraction of sp³-hybridized carbons (Fsp3) is 0.100. The molecule has 0 amide bonds. The van der Waals surface area contributed by atoms with E-state index in [1.54, 1.807) is 30.4 Å². The number of aromatic carboxylic acids is 1. The van der Waals surface area contributed by atoms with Crippen LogP contribution in [0.15, 0.2) is 24.3 Å². The lowest BCUT2D eigenvalue weighted by atomic mass is 10.1. The molecule has 3 nitrogen and oxygen atoms in total. The molecule has 0 atom stereocenters. The van der Waals surface area contributed by atoms with Gasteiger partial charge in [-0.05, 0) is 11.6 Å². The van der Waals surface area contributed by atoms with E-state index in [0.29, 0.717) is 12.1 Å². The van der Waals surface area contributed by atoms with Crippen molar-refractivity contribution in [2.24, 2.45) is 5.73 Å². The third-order valence-corrected chi connectivity index (χ3v) is 2.01. The Labute approximate surface area is 86.8 Å². The molecule has 0 aliphatic heterocycles. The van der Waals surface area contributed by atoms with Crippen LogP contribution in [0, 0.1) is 0 Å². The summed E-state index contributed by atoms with van der Waals surface area (Å²) in [4.78, 5) is 10.9. The molecule has 1 aromatic rings. The maximum atomic E-state index is 10.9. The maximum Gasteiger partial charge on any atom is 0.337 e. The molecule has 4 heteroatoms. The van der Waals surface area contributed by atoms with Crippen LogP contribution in [-0.2, 0) is 0 Å². The van der Waals surface area contributed by atoms with Gasteiger partial charge < -0.3 is 10.8 Å². The molecular formula is C10H10ClNO2. The first kappa shape index (κ1) is 10.8. The van der Waals surface area contributed by atoms with E-state index in [2.05, 4.69) is 0 Å². The number of carboxylic acid groups (broad SMARTS) is 1. The molecule has 74 valence electrons. The van der Waals surface area contributed by atoms with Gasteiger partial charge in [-0.25, -0.2) is 4.79 Å². The zero-order valence-corrected chi connectivity index (χ0v) is 8.16. The third kappa shape index (κ3) is 2.34. The number of nitrogens with two attached hydrogens (primary N) is 1. The molecule has 0 spiro atoms. The highest BCUT2D eigenvalue weighted by Crippen LogP contribution is 2.20. The predicted molar refractivity (Wildman–Crippen MR) is 56.5 cm³/mol. The van der Waals surface area contributed by atoms with Crippen molar-refractivity contribution in [2.45, 2.75) is 0 Å². The molecule has 0 saturated heterocycles. The second-order valence-electron chi connectivity index (χ2n) is 2.65. The molecule has 1 aromatic carbocycles. The average Bonchev–Trinajstić information content (AvgIpc) is 2.14. The van der Waals surface area contributed by atoms with E-state index < -0.39 is 5.97 Å². The summed E-state index contributed by atoms with van der Waals surface area (Å²) in [5.41, 5.74) is 5.95. The molecule has 0 aliphatic carbocycles. The van der Waals surface area contributed by atoms with E-state index in [1.807, 2.05) is 0 Å². The predicted octanol–water partition coefficient (Wildman–Crippen LogP) is 2.01. The lowest BCUT2D eigenvalue weighted by Gasteiger charge is -2.02. The molecule has 0 radical (unpaired) electrons. The van der Waals surface area contributed by atoms with Crippen LogP contribution in [0.5, 0.6) is 0 Å². The molecule has 0 heterocycles. The van der Waals surface area contributed by atoms with Gasteiger partial charge in [0.2, 0.25) is 0 Å². The van der Waals surface area contributed by atoms with Crippen molar-refractivity contribution in [1.82, 2.24) is 0 Å².